The highest BCUT2D eigenvalue weighted by molar-refractivity contribution is 5.57. The van der Waals surface area contributed by atoms with Crippen molar-refractivity contribution in [3.8, 4) is 0 Å². The highest BCUT2D eigenvalue weighted by Crippen LogP contribution is 2.18. The van der Waals surface area contributed by atoms with Crippen molar-refractivity contribution in [2.24, 2.45) is 0 Å². The lowest BCUT2D eigenvalue weighted by atomic mass is 10.2. The van der Waals surface area contributed by atoms with Gasteiger partial charge in [-0.2, -0.15) is 0 Å². The van der Waals surface area contributed by atoms with Crippen LogP contribution >= 0.6 is 0 Å². The molecule has 0 fully saturated rings. The van der Waals surface area contributed by atoms with Crippen molar-refractivity contribution in [1.82, 2.24) is 0 Å². The summed E-state index contributed by atoms with van der Waals surface area (Å²) in [5, 5.41) is 0. The molecule has 0 unspecified atom stereocenters. The Bertz CT molecular complexity index is 292. The van der Waals surface area contributed by atoms with Crippen molar-refractivity contribution in [2.75, 3.05) is 19.0 Å². The first-order valence-electron chi connectivity index (χ1n) is 3.74. The van der Waals surface area contributed by atoms with Crippen LogP contribution in [0.1, 0.15) is 5.56 Å². The minimum Gasteiger partial charge on any atom is -0.375 e. The van der Waals surface area contributed by atoms with Gasteiger partial charge in [-0.25, -0.2) is 4.39 Å². The van der Waals surface area contributed by atoms with E-state index >= 15 is 0 Å². The third-order valence-electron chi connectivity index (χ3n) is 1.69. The maximum atomic E-state index is 13.1. The van der Waals surface area contributed by atoms with Crippen molar-refractivity contribution < 1.29 is 4.39 Å². The minimum absolute atomic E-state index is 0.203. The molecule has 1 nitrogen and oxygen atoms in total. The van der Waals surface area contributed by atoms with E-state index in [4.69, 9.17) is 0 Å². The summed E-state index contributed by atoms with van der Waals surface area (Å²) in [4.78, 5) is 1.74. The lowest BCUT2D eigenvalue weighted by Crippen LogP contribution is -2.10. The third kappa shape index (κ3) is 1.64. The van der Waals surface area contributed by atoms with Crippen LogP contribution in [0.5, 0.6) is 0 Å². The molecular formula is C10H12FN. The van der Waals surface area contributed by atoms with Crippen LogP contribution in [0, 0.1) is 5.82 Å². The predicted molar refractivity (Wildman–Crippen MR) is 50.8 cm³/mol. The molecule has 0 aliphatic rings. The second-order valence-corrected chi connectivity index (χ2v) is 2.81. The molecule has 2 heteroatoms. The Kier molecular flexibility index (Phi) is 2.48. The van der Waals surface area contributed by atoms with Gasteiger partial charge in [0.25, 0.3) is 0 Å². The average molecular weight is 165 g/mol. The number of hydrogen-bond donors (Lipinski definition) is 0. The minimum atomic E-state index is -0.203. The van der Waals surface area contributed by atoms with Crippen molar-refractivity contribution >= 4 is 11.8 Å². The fourth-order valence-electron chi connectivity index (χ4n) is 0.999. The molecule has 0 aliphatic carbocycles. The maximum Gasteiger partial charge on any atom is 0.146 e. The molecule has 0 aromatic heterocycles. The van der Waals surface area contributed by atoms with E-state index in [1.807, 2.05) is 14.1 Å². The highest BCUT2D eigenvalue weighted by atomic mass is 19.1. The van der Waals surface area contributed by atoms with Gasteiger partial charge in [0.15, 0.2) is 0 Å². The first-order chi connectivity index (χ1) is 5.65. The smallest absolute Gasteiger partial charge is 0.146 e. The van der Waals surface area contributed by atoms with E-state index in [1.54, 1.807) is 23.1 Å². The van der Waals surface area contributed by atoms with E-state index < -0.39 is 0 Å². The average Bonchev–Trinajstić information content (AvgIpc) is 2.05. The van der Waals surface area contributed by atoms with Gasteiger partial charge < -0.3 is 4.90 Å². The quantitative estimate of drug-likeness (QED) is 0.651. The fraction of sp³-hybridized carbons (Fsp3) is 0.200. The van der Waals surface area contributed by atoms with Crippen molar-refractivity contribution in [3.05, 3.63) is 36.2 Å². The molecule has 12 heavy (non-hydrogen) atoms. The summed E-state index contributed by atoms with van der Waals surface area (Å²) in [6, 6.07) is 4.92. The highest BCUT2D eigenvalue weighted by Gasteiger charge is 2.02. The molecule has 0 aliphatic heterocycles. The first-order valence-corrected chi connectivity index (χ1v) is 3.74. The van der Waals surface area contributed by atoms with Crippen LogP contribution in [0.25, 0.3) is 6.08 Å². The predicted octanol–water partition coefficient (Wildman–Crippen LogP) is 2.53. The van der Waals surface area contributed by atoms with Crippen LogP contribution in [-0.2, 0) is 0 Å². The number of anilines is 1. The number of benzene rings is 1. The van der Waals surface area contributed by atoms with E-state index in [9.17, 15) is 4.39 Å². The molecule has 0 atom stereocenters. The summed E-state index contributed by atoms with van der Waals surface area (Å²) in [7, 11) is 3.62. The Hall–Kier alpha value is -1.31. The lowest BCUT2D eigenvalue weighted by molar-refractivity contribution is 0.626. The largest absolute Gasteiger partial charge is 0.375 e. The van der Waals surface area contributed by atoms with Crippen LogP contribution < -0.4 is 4.90 Å². The zero-order chi connectivity index (χ0) is 9.14. The van der Waals surface area contributed by atoms with Gasteiger partial charge in [0.1, 0.15) is 5.82 Å². The van der Waals surface area contributed by atoms with Crippen LogP contribution in [0.15, 0.2) is 24.8 Å². The Balaban J connectivity index is 3.16. The van der Waals surface area contributed by atoms with Gasteiger partial charge in [0, 0.05) is 14.1 Å². The molecule has 0 saturated heterocycles. The van der Waals surface area contributed by atoms with E-state index in [0.717, 1.165) is 5.56 Å². The van der Waals surface area contributed by atoms with Gasteiger partial charge >= 0.3 is 0 Å². The molecule has 0 spiro atoms. The van der Waals surface area contributed by atoms with Crippen LogP contribution in [0.2, 0.25) is 0 Å². The second-order valence-electron chi connectivity index (χ2n) is 2.81. The summed E-state index contributed by atoms with van der Waals surface area (Å²) in [6.07, 6.45) is 1.70. The van der Waals surface area contributed by atoms with E-state index in [2.05, 4.69) is 6.58 Å². The summed E-state index contributed by atoms with van der Waals surface area (Å²) in [5.41, 5.74) is 1.52. The Morgan fingerprint density at radius 3 is 2.58 bits per heavy atom. The molecule has 64 valence electrons. The van der Waals surface area contributed by atoms with Crippen molar-refractivity contribution in [1.29, 1.82) is 0 Å². The Morgan fingerprint density at radius 2 is 2.08 bits per heavy atom. The van der Waals surface area contributed by atoms with Gasteiger partial charge in [0.2, 0.25) is 0 Å². The molecule has 0 saturated carbocycles. The van der Waals surface area contributed by atoms with E-state index in [1.165, 1.54) is 6.07 Å². The van der Waals surface area contributed by atoms with Crippen molar-refractivity contribution in [3.63, 3.8) is 0 Å². The van der Waals surface area contributed by atoms with Gasteiger partial charge in [-0.3, -0.25) is 0 Å². The van der Waals surface area contributed by atoms with Crippen molar-refractivity contribution in [2.45, 2.75) is 0 Å². The lowest BCUT2D eigenvalue weighted by Gasteiger charge is -2.13. The second kappa shape index (κ2) is 3.39. The number of halogens is 1. The third-order valence-corrected chi connectivity index (χ3v) is 1.69. The van der Waals surface area contributed by atoms with Gasteiger partial charge in [-0.05, 0) is 17.7 Å². The summed E-state index contributed by atoms with van der Waals surface area (Å²) in [5.74, 6) is -0.203. The topological polar surface area (TPSA) is 3.24 Å². The van der Waals surface area contributed by atoms with Crippen LogP contribution in [0.3, 0.4) is 0 Å². The van der Waals surface area contributed by atoms with E-state index in [-0.39, 0.29) is 5.82 Å². The first kappa shape index (κ1) is 8.78. The number of rotatable bonds is 2. The Labute approximate surface area is 72.1 Å². The molecule has 0 bridgehead atoms. The molecule has 0 amide bonds. The number of nitrogens with zero attached hydrogens (tertiary/aromatic N) is 1. The van der Waals surface area contributed by atoms with Gasteiger partial charge in [0.05, 0.1) is 5.69 Å². The normalized spacial score (nSPS) is 9.58. The zero-order valence-electron chi connectivity index (χ0n) is 7.34. The van der Waals surface area contributed by atoms with E-state index in [0.29, 0.717) is 5.69 Å². The SMILES string of the molecule is C=Cc1ccc(F)c(N(C)C)c1. The molecule has 1 aromatic carbocycles. The summed E-state index contributed by atoms with van der Waals surface area (Å²) >= 11 is 0. The summed E-state index contributed by atoms with van der Waals surface area (Å²) < 4.78 is 13.1. The molecule has 0 heterocycles. The molecular weight excluding hydrogens is 153 g/mol. The molecule has 1 aromatic rings. The molecule has 1 rings (SSSR count). The monoisotopic (exact) mass is 165 g/mol. The zero-order valence-corrected chi connectivity index (χ0v) is 7.34. The van der Waals surface area contributed by atoms with Gasteiger partial charge in [-0.1, -0.05) is 18.7 Å². The van der Waals surface area contributed by atoms with Crippen LogP contribution in [0.4, 0.5) is 10.1 Å². The van der Waals surface area contributed by atoms with Crippen LogP contribution in [-0.4, -0.2) is 14.1 Å². The number of hydrogen-bond acceptors (Lipinski definition) is 1. The molecule has 0 N–H and O–H groups in total. The maximum absolute atomic E-state index is 13.1. The Morgan fingerprint density at radius 1 is 1.42 bits per heavy atom. The molecule has 0 radical (unpaired) electrons. The standard InChI is InChI=1S/C10H12FN/c1-4-8-5-6-9(11)10(7-8)12(2)3/h4-7H,1H2,2-3H3. The summed E-state index contributed by atoms with van der Waals surface area (Å²) in [6.45, 7) is 3.62. The fourth-order valence-corrected chi connectivity index (χ4v) is 0.999. The van der Waals surface area contributed by atoms with Gasteiger partial charge in [-0.15, -0.1) is 0 Å².